The van der Waals surface area contributed by atoms with Gasteiger partial charge in [-0.15, -0.1) is 0 Å². The molecule has 35 heavy (non-hydrogen) atoms. The largest absolute Gasteiger partial charge is 0.368 e. The summed E-state index contributed by atoms with van der Waals surface area (Å²) in [6.07, 6.45) is 14.4. The quantitative estimate of drug-likeness (QED) is 0.413. The Balaban J connectivity index is 1.52. The van der Waals surface area contributed by atoms with Gasteiger partial charge in [0.2, 0.25) is 0 Å². The standard InChI is InChI=1S/C28H32N4O3/c1-3-4-5-6-24(20-7-8-20)19(2)21-9-10-25(23(15-21)16-31-35)22-12-14-32(18-22)28(34)26-17-30-27(33)11-13-29-26/h3-6,9-11,13,15,17,19-20,22,27,33H,1,7-8,12,14,16,18H2,2H3/b5-4-,24-6+. The van der Waals surface area contributed by atoms with Crippen LogP contribution in [0.3, 0.4) is 0 Å². The Morgan fingerprint density at radius 2 is 2.14 bits per heavy atom. The molecule has 2 heterocycles. The minimum absolute atomic E-state index is 0.112. The van der Waals surface area contributed by atoms with Crippen LogP contribution in [0.2, 0.25) is 0 Å². The van der Waals surface area contributed by atoms with Crippen molar-refractivity contribution >= 4 is 17.8 Å². The Hall–Kier alpha value is -3.45. The number of carbonyl (C=O) groups is 1. The van der Waals surface area contributed by atoms with Crippen LogP contribution in [-0.4, -0.2) is 47.2 Å². The first-order chi connectivity index (χ1) is 17.0. The van der Waals surface area contributed by atoms with Crippen LogP contribution in [0.25, 0.3) is 0 Å². The van der Waals surface area contributed by atoms with E-state index in [0.717, 1.165) is 17.5 Å². The van der Waals surface area contributed by atoms with Gasteiger partial charge in [-0.3, -0.25) is 9.79 Å². The number of benzene rings is 1. The summed E-state index contributed by atoms with van der Waals surface area (Å²) in [7, 11) is 0. The van der Waals surface area contributed by atoms with Crippen LogP contribution < -0.4 is 0 Å². The van der Waals surface area contributed by atoms with E-state index in [1.807, 2.05) is 12.2 Å². The van der Waals surface area contributed by atoms with E-state index >= 15 is 0 Å². The van der Waals surface area contributed by atoms with Crippen molar-refractivity contribution in [2.24, 2.45) is 21.1 Å². The number of allylic oxidation sites excluding steroid dienone is 5. The zero-order valence-corrected chi connectivity index (χ0v) is 20.1. The number of hydrogen-bond acceptors (Lipinski definition) is 6. The summed E-state index contributed by atoms with van der Waals surface area (Å²) in [5, 5.41) is 12.8. The van der Waals surface area contributed by atoms with Crippen LogP contribution in [0.5, 0.6) is 0 Å². The summed E-state index contributed by atoms with van der Waals surface area (Å²) < 4.78 is 0. The van der Waals surface area contributed by atoms with Gasteiger partial charge in [0.15, 0.2) is 6.23 Å². The van der Waals surface area contributed by atoms with Crippen LogP contribution >= 0.6 is 0 Å². The van der Waals surface area contributed by atoms with Gasteiger partial charge < -0.3 is 10.0 Å². The topological polar surface area (TPSA) is 94.7 Å². The normalized spacial score (nSPS) is 23.3. The third-order valence-corrected chi connectivity index (χ3v) is 6.94. The predicted octanol–water partition coefficient (Wildman–Crippen LogP) is 4.81. The van der Waals surface area contributed by atoms with Gasteiger partial charge in [-0.05, 0) is 47.9 Å². The Bertz CT molecular complexity index is 1130. The van der Waals surface area contributed by atoms with E-state index in [1.165, 1.54) is 42.5 Å². The molecule has 0 radical (unpaired) electrons. The number of hydrogen-bond donors (Lipinski definition) is 1. The summed E-state index contributed by atoms with van der Waals surface area (Å²) in [6, 6.07) is 6.38. The van der Waals surface area contributed by atoms with Crippen LogP contribution in [-0.2, 0) is 11.3 Å². The van der Waals surface area contributed by atoms with Gasteiger partial charge >= 0.3 is 0 Å². The fourth-order valence-corrected chi connectivity index (χ4v) is 4.89. The molecule has 7 heteroatoms. The van der Waals surface area contributed by atoms with Gasteiger partial charge in [-0.1, -0.05) is 66.8 Å². The lowest BCUT2D eigenvalue weighted by molar-refractivity contribution is -0.122. The van der Waals surface area contributed by atoms with Crippen molar-refractivity contribution in [1.29, 1.82) is 0 Å². The van der Waals surface area contributed by atoms with Gasteiger partial charge in [0.25, 0.3) is 5.91 Å². The van der Waals surface area contributed by atoms with Crippen molar-refractivity contribution in [1.82, 2.24) is 4.90 Å². The second-order valence-corrected chi connectivity index (χ2v) is 9.31. The van der Waals surface area contributed by atoms with E-state index in [1.54, 1.807) is 11.0 Å². The molecule has 1 aliphatic carbocycles. The third-order valence-electron chi connectivity index (χ3n) is 6.94. The number of aliphatic hydroxyl groups is 1. The van der Waals surface area contributed by atoms with E-state index in [0.29, 0.717) is 19.0 Å². The van der Waals surface area contributed by atoms with Gasteiger partial charge in [-0.2, -0.15) is 4.91 Å². The number of rotatable bonds is 9. The number of amides is 1. The zero-order valence-electron chi connectivity index (χ0n) is 20.1. The highest BCUT2D eigenvalue weighted by Crippen LogP contribution is 2.44. The SMILES string of the molecule is C=C/C=C\C=C(\C1CC1)C(C)c1ccc(C2CCN(C(=O)C3=NC=CC(O)N=C3)C2)c(CN=O)c1. The summed E-state index contributed by atoms with van der Waals surface area (Å²) in [6.45, 7) is 7.21. The van der Waals surface area contributed by atoms with E-state index in [-0.39, 0.29) is 30.0 Å². The zero-order chi connectivity index (χ0) is 24.8. The van der Waals surface area contributed by atoms with E-state index in [9.17, 15) is 14.8 Å². The third kappa shape index (κ3) is 5.98. The molecule has 1 saturated carbocycles. The van der Waals surface area contributed by atoms with Crippen molar-refractivity contribution in [2.45, 2.75) is 50.8 Å². The smallest absolute Gasteiger partial charge is 0.274 e. The molecule has 1 N–H and O–H groups in total. The van der Waals surface area contributed by atoms with E-state index in [4.69, 9.17) is 0 Å². The highest BCUT2D eigenvalue weighted by Gasteiger charge is 2.32. The lowest BCUT2D eigenvalue weighted by Crippen LogP contribution is -2.35. The minimum atomic E-state index is -0.983. The van der Waals surface area contributed by atoms with E-state index < -0.39 is 6.23 Å². The van der Waals surface area contributed by atoms with Gasteiger partial charge in [0.1, 0.15) is 12.3 Å². The maximum atomic E-state index is 12.9. The number of carbonyl (C=O) groups excluding carboxylic acids is 1. The molecule has 1 aromatic carbocycles. The molecule has 2 aliphatic heterocycles. The average molecular weight is 473 g/mol. The monoisotopic (exact) mass is 472 g/mol. The number of nitrogens with zero attached hydrogens (tertiary/aromatic N) is 4. The molecule has 4 rings (SSSR count). The lowest BCUT2D eigenvalue weighted by Gasteiger charge is -2.21. The average Bonchev–Trinajstić information content (AvgIpc) is 3.62. The first kappa shape index (κ1) is 24.7. The van der Waals surface area contributed by atoms with Gasteiger partial charge in [-0.25, -0.2) is 4.99 Å². The van der Waals surface area contributed by atoms with Crippen LogP contribution in [0, 0.1) is 10.8 Å². The van der Waals surface area contributed by atoms with Crippen molar-refractivity contribution in [3.63, 3.8) is 0 Å². The van der Waals surface area contributed by atoms with Crippen LogP contribution in [0.1, 0.15) is 54.7 Å². The number of aliphatic hydroxyl groups excluding tert-OH is 1. The summed E-state index contributed by atoms with van der Waals surface area (Å²) in [4.78, 5) is 34.0. The molecular weight excluding hydrogens is 440 g/mol. The molecular formula is C28H32N4O3. The highest BCUT2D eigenvalue weighted by atomic mass is 16.3. The molecule has 2 fully saturated rings. The first-order valence-corrected chi connectivity index (χ1v) is 12.2. The van der Waals surface area contributed by atoms with Crippen molar-refractivity contribution in [3.8, 4) is 0 Å². The fourth-order valence-electron chi connectivity index (χ4n) is 4.89. The maximum absolute atomic E-state index is 12.9. The molecule has 3 atom stereocenters. The van der Waals surface area contributed by atoms with Crippen molar-refractivity contribution in [2.75, 3.05) is 13.1 Å². The fraction of sp³-hybridized carbons (Fsp3) is 0.393. The summed E-state index contributed by atoms with van der Waals surface area (Å²) >= 11 is 0. The predicted molar refractivity (Wildman–Crippen MR) is 140 cm³/mol. The molecule has 7 nitrogen and oxygen atoms in total. The Morgan fingerprint density at radius 3 is 2.89 bits per heavy atom. The Morgan fingerprint density at radius 1 is 1.31 bits per heavy atom. The molecule has 0 spiro atoms. The molecule has 1 aromatic rings. The summed E-state index contributed by atoms with van der Waals surface area (Å²) in [5.41, 5.74) is 4.80. The maximum Gasteiger partial charge on any atom is 0.274 e. The van der Waals surface area contributed by atoms with Crippen molar-refractivity contribution < 1.29 is 9.90 Å². The van der Waals surface area contributed by atoms with Gasteiger partial charge in [0.05, 0.1) is 6.21 Å². The van der Waals surface area contributed by atoms with Gasteiger partial charge in [0, 0.05) is 31.1 Å². The highest BCUT2D eigenvalue weighted by molar-refractivity contribution is 6.60. The molecule has 3 unspecified atom stereocenters. The van der Waals surface area contributed by atoms with Crippen LogP contribution in [0.15, 0.2) is 82.1 Å². The molecule has 1 amide bonds. The number of likely N-dealkylation sites (tertiary alicyclic amines) is 1. The second-order valence-electron chi connectivity index (χ2n) is 9.31. The first-order valence-electron chi connectivity index (χ1n) is 12.2. The molecule has 182 valence electrons. The number of aliphatic imine (C=N–C) groups is 2. The van der Waals surface area contributed by atoms with E-state index in [2.05, 4.69) is 52.9 Å². The summed E-state index contributed by atoms with van der Waals surface area (Å²) in [5.74, 6) is 0.780. The second kappa shape index (κ2) is 11.3. The minimum Gasteiger partial charge on any atom is -0.368 e. The molecule has 0 bridgehead atoms. The van der Waals surface area contributed by atoms with Crippen molar-refractivity contribution in [3.05, 3.63) is 88.5 Å². The Kier molecular flexibility index (Phi) is 7.98. The Labute approximate surface area is 206 Å². The number of nitroso groups, excluding NO2 is 1. The lowest BCUT2D eigenvalue weighted by atomic mass is 9.85. The van der Waals surface area contributed by atoms with Crippen LogP contribution in [0.4, 0.5) is 0 Å². The molecule has 0 aromatic heterocycles. The molecule has 3 aliphatic rings. The molecule has 1 saturated heterocycles.